The Labute approximate surface area is 92.7 Å². The number of hydrogen-bond acceptors (Lipinski definition) is 0. The molecule has 0 fully saturated rings. The highest BCUT2D eigenvalue weighted by atomic mass is 27.1. The summed E-state index contributed by atoms with van der Waals surface area (Å²) in [4.78, 5) is 0. The highest BCUT2D eigenvalue weighted by molar-refractivity contribution is 6.35. The van der Waals surface area contributed by atoms with Crippen LogP contribution < -0.4 is 0 Å². The van der Waals surface area contributed by atoms with Crippen LogP contribution in [0, 0.1) is 0 Å². The van der Waals surface area contributed by atoms with Crippen molar-refractivity contribution < 1.29 is 1.43 Å². The zero-order valence-corrected chi connectivity index (χ0v) is 11.2. The zero-order valence-electron chi connectivity index (χ0n) is 9.78. The van der Waals surface area contributed by atoms with Crippen LogP contribution in [0.3, 0.4) is 0 Å². The van der Waals surface area contributed by atoms with Crippen molar-refractivity contribution in [3.05, 3.63) is 0 Å². The van der Waals surface area contributed by atoms with Crippen molar-refractivity contribution in [2.75, 3.05) is 0 Å². The minimum absolute atomic E-state index is 0. The lowest BCUT2D eigenvalue weighted by Gasteiger charge is -1.98. The van der Waals surface area contributed by atoms with Gasteiger partial charge < -0.3 is 0 Å². The van der Waals surface area contributed by atoms with Gasteiger partial charge >= 0.3 is 0 Å². The maximum atomic E-state index is 2.29. The molecule has 0 aromatic carbocycles. The average molecular weight is 200 g/mol. The molecule has 0 nitrogen and oxygen atoms in total. The Hall–Kier alpha value is 0.532. The van der Waals surface area contributed by atoms with Crippen LogP contribution >= 0.6 is 0 Å². The smallest absolute Gasteiger partial charge is 0.0972 e. The maximum absolute atomic E-state index is 2.29. The summed E-state index contributed by atoms with van der Waals surface area (Å²) in [6.07, 6.45) is 11.8. The lowest BCUT2D eigenvalue weighted by Crippen LogP contribution is -1.89. The summed E-state index contributed by atoms with van der Waals surface area (Å²) in [6.45, 7) is 4.59. The van der Waals surface area contributed by atoms with Gasteiger partial charge in [-0.15, -0.1) is 0 Å². The van der Waals surface area contributed by atoms with Gasteiger partial charge in [-0.2, -0.15) is 0 Å². The summed E-state index contributed by atoms with van der Waals surface area (Å²) >= 11 is 0.355. The van der Waals surface area contributed by atoms with E-state index in [-0.39, 0.29) is 1.43 Å². The predicted octanol–water partition coefficient (Wildman–Crippen LogP) is 4.67. The summed E-state index contributed by atoms with van der Waals surface area (Å²) in [7, 11) is 0. The van der Waals surface area contributed by atoms with Gasteiger partial charge in [0.15, 0.2) is 0 Å². The second kappa shape index (κ2) is 12.5. The van der Waals surface area contributed by atoms with E-state index >= 15 is 0 Å². The van der Waals surface area contributed by atoms with Crippen molar-refractivity contribution in [3.63, 3.8) is 0 Å². The second-order valence-corrected chi connectivity index (χ2v) is 6.30. The molecule has 0 saturated carbocycles. The average Bonchev–Trinajstić information content (AvgIpc) is 2.16. The van der Waals surface area contributed by atoms with Crippen molar-refractivity contribution in [2.24, 2.45) is 0 Å². The van der Waals surface area contributed by atoms with Gasteiger partial charge in [0.05, 0.1) is 0 Å². The van der Waals surface area contributed by atoms with E-state index in [0.29, 0.717) is 15.2 Å². The van der Waals surface area contributed by atoms with E-state index in [4.69, 9.17) is 0 Å². The Bertz CT molecular complexity index is 76.4. The summed E-state index contributed by atoms with van der Waals surface area (Å²) < 4.78 is 0. The molecule has 0 N–H and O–H groups in total. The van der Waals surface area contributed by atoms with Gasteiger partial charge in [0.2, 0.25) is 15.2 Å². The molecule has 0 aliphatic carbocycles. The molecule has 0 unspecified atom stereocenters. The summed E-state index contributed by atoms with van der Waals surface area (Å²) in [5.41, 5.74) is 0. The Balaban J connectivity index is 0. The third-order valence-electron chi connectivity index (χ3n) is 2.71. The number of unbranched alkanes of at least 4 members (excludes halogenated alkanes) is 6. The van der Waals surface area contributed by atoms with Crippen molar-refractivity contribution in [1.82, 2.24) is 0 Å². The normalized spacial score (nSPS) is 10.3. The van der Waals surface area contributed by atoms with Crippen LogP contribution in [-0.4, -0.2) is 15.2 Å². The minimum atomic E-state index is 0. The topological polar surface area (TPSA) is 0 Å². The molecule has 0 bridgehead atoms. The van der Waals surface area contributed by atoms with Gasteiger partial charge in [0, 0.05) is 1.43 Å². The van der Waals surface area contributed by atoms with E-state index in [1.165, 1.54) is 51.4 Å². The lowest BCUT2D eigenvalue weighted by molar-refractivity contribution is 0.689. The largest absolute Gasteiger partial charge is 0.236 e. The molecule has 0 radical (unpaired) electrons. The van der Waals surface area contributed by atoms with Gasteiger partial charge in [-0.05, 0) is 0 Å². The predicted molar refractivity (Wildman–Crippen MR) is 67.2 cm³/mol. The van der Waals surface area contributed by atoms with Crippen LogP contribution in [0.25, 0.3) is 0 Å². The second-order valence-electron chi connectivity index (χ2n) is 4.18. The lowest BCUT2D eigenvalue weighted by atomic mass is 10.2. The van der Waals surface area contributed by atoms with Crippen molar-refractivity contribution in [2.45, 2.75) is 75.8 Å². The van der Waals surface area contributed by atoms with Gasteiger partial charge in [-0.1, -0.05) is 75.8 Å². The Kier molecular flexibility index (Phi) is 13.0. The van der Waals surface area contributed by atoms with E-state index in [2.05, 4.69) is 13.8 Å². The Morgan fingerprint density at radius 3 is 1.54 bits per heavy atom. The van der Waals surface area contributed by atoms with Crippen LogP contribution in [0.1, 0.15) is 66.6 Å². The molecule has 1 heteroatoms. The first-order chi connectivity index (χ1) is 6.41. The third kappa shape index (κ3) is 12.5. The highest BCUT2D eigenvalue weighted by Gasteiger charge is 1.94. The van der Waals surface area contributed by atoms with Gasteiger partial charge in [-0.25, -0.2) is 0 Å². The van der Waals surface area contributed by atoms with Crippen LogP contribution in [0.2, 0.25) is 10.6 Å². The fraction of sp³-hybridized carbons (Fsp3) is 1.00. The molecule has 0 aliphatic heterocycles. The van der Waals surface area contributed by atoms with E-state index in [1.807, 2.05) is 0 Å². The van der Waals surface area contributed by atoms with Crippen molar-refractivity contribution >= 4 is 15.2 Å². The fourth-order valence-electron chi connectivity index (χ4n) is 1.74. The molecule has 0 heterocycles. The Morgan fingerprint density at radius 2 is 1.15 bits per heavy atom. The number of rotatable bonds is 10. The SMILES string of the molecule is CCCCC[CH2][AlH][CH2]CCCCC.[HH]. The van der Waals surface area contributed by atoms with Gasteiger partial charge in [0.1, 0.15) is 0 Å². The minimum Gasteiger partial charge on any atom is -0.0972 e. The molecule has 0 amide bonds. The van der Waals surface area contributed by atoms with E-state index < -0.39 is 0 Å². The van der Waals surface area contributed by atoms with E-state index in [0.717, 1.165) is 0 Å². The monoisotopic (exact) mass is 200 g/mol. The molecule has 0 aromatic rings. The number of hydrogen-bond donors (Lipinski definition) is 0. The maximum Gasteiger partial charge on any atom is 0.236 e. The van der Waals surface area contributed by atoms with Gasteiger partial charge in [-0.3, -0.25) is 0 Å². The quantitative estimate of drug-likeness (QED) is 0.355. The van der Waals surface area contributed by atoms with Crippen LogP contribution in [0.15, 0.2) is 0 Å². The third-order valence-corrected chi connectivity index (χ3v) is 4.71. The first-order valence-electron chi connectivity index (χ1n) is 6.41. The highest BCUT2D eigenvalue weighted by Crippen LogP contribution is 2.06. The molecule has 80 valence electrons. The Morgan fingerprint density at radius 1 is 0.692 bits per heavy atom. The molecule has 0 aliphatic rings. The summed E-state index contributed by atoms with van der Waals surface area (Å²) in [6, 6.07) is 0. The molecule has 0 spiro atoms. The zero-order chi connectivity index (χ0) is 9.78. The van der Waals surface area contributed by atoms with Gasteiger partial charge in [0.25, 0.3) is 0 Å². The van der Waals surface area contributed by atoms with Crippen molar-refractivity contribution in [1.29, 1.82) is 0 Å². The molecule has 0 atom stereocenters. The first-order valence-corrected chi connectivity index (χ1v) is 8.41. The van der Waals surface area contributed by atoms with Crippen LogP contribution in [-0.2, 0) is 0 Å². The molecule has 0 saturated heterocycles. The summed E-state index contributed by atoms with van der Waals surface area (Å²) in [5.74, 6) is 0. The molecular formula is C12H29Al. The standard InChI is InChI=1S/2C6H13.Al.H2.H/c2*1-3-5-6-4-2;;;/h2*1,3-6H2,2H3;;1H;. The molecule has 0 aromatic heterocycles. The molecular weight excluding hydrogens is 171 g/mol. The van der Waals surface area contributed by atoms with E-state index in [1.54, 1.807) is 10.6 Å². The molecule has 0 rings (SSSR count). The molecule has 13 heavy (non-hydrogen) atoms. The first kappa shape index (κ1) is 13.5. The van der Waals surface area contributed by atoms with E-state index in [9.17, 15) is 0 Å². The summed E-state index contributed by atoms with van der Waals surface area (Å²) in [5, 5.41) is 3.23. The van der Waals surface area contributed by atoms with Crippen LogP contribution in [0.5, 0.6) is 0 Å². The van der Waals surface area contributed by atoms with Crippen LogP contribution in [0.4, 0.5) is 0 Å². The van der Waals surface area contributed by atoms with Crippen molar-refractivity contribution in [3.8, 4) is 0 Å². The fourth-order valence-corrected chi connectivity index (χ4v) is 3.51.